The largest absolute Gasteiger partial charge is 0.480 e. The molecule has 1 rings (SSSR count). The highest BCUT2D eigenvalue weighted by Crippen LogP contribution is 2.21. The molecule has 162 valence electrons. The number of aliphatic hydroxyl groups is 1. The summed E-state index contributed by atoms with van der Waals surface area (Å²) in [6.07, 6.45) is -0.890. The summed E-state index contributed by atoms with van der Waals surface area (Å²) in [5.41, 5.74) is 0.173. The van der Waals surface area contributed by atoms with Gasteiger partial charge < -0.3 is 20.3 Å². The number of carboxylic acids is 1. The fraction of sp³-hybridized carbons (Fsp3) is 0.591. The van der Waals surface area contributed by atoms with Crippen LogP contribution in [0.15, 0.2) is 30.3 Å². The summed E-state index contributed by atoms with van der Waals surface area (Å²) in [5, 5.41) is 22.3. The van der Waals surface area contributed by atoms with Crippen LogP contribution in [-0.4, -0.2) is 45.8 Å². The number of carbonyl (C=O) groups excluding carboxylic acids is 2. The van der Waals surface area contributed by atoms with Crippen molar-refractivity contribution in [3.63, 3.8) is 0 Å². The van der Waals surface area contributed by atoms with Crippen molar-refractivity contribution >= 4 is 17.8 Å². The van der Waals surface area contributed by atoms with Gasteiger partial charge in [-0.3, -0.25) is 9.59 Å². The van der Waals surface area contributed by atoms with Gasteiger partial charge in [0, 0.05) is 6.42 Å². The van der Waals surface area contributed by atoms with Gasteiger partial charge in [-0.05, 0) is 45.1 Å². The molecule has 2 unspecified atom stereocenters. The molecular formula is C22H33NO6. The number of aliphatic carboxylic acids is 1. The number of esters is 1. The van der Waals surface area contributed by atoms with Crippen molar-refractivity contribution in [2.24, 2.45) is 11.8 Å². The van der Waals surface area contributed by atoms with Crippen molar-refractivity contribution in [2.45, 2.75) is 71.6 Å². The number of aliphatic hydroxyl groups excluding tert-OH is 1. The summed E-state index contributed by atoms with van der Waals surface area (Å²) in [7, 11) is 0. The van der Waals surface area contributed by atoms with Crippen LogP contribution < -0.4 is 5.32 Å². The van der Waals surface area contributed by atoms with Crippen molar-refractivity contribution in [1.82, 2.24) is 5.32 Å². The third-order valence-corrected chi connectivity index (χ3v) is 4.39. The molecule has 0 aliphatic heterocycles. The first-order chi connectivity index (χ1) is 13.4. The first kappa shape index (κ1) is 24.6. The van der Waals surface area contributed by atoms with Gasteiger partial charge in [-0.2, -0.15) is 0 Å². The maximum atomic E-state index is 12.6. The first-order valence-corrected chi connectivity index (χ1v) is 9.87. The zero-order chi connectivity index (χ0) is 22.2. The standard InChI is InChI=1S/C22H33NO6/c1-14(2)19(20(26)27)23-18(25)12-11-17(24)16(21(28)29-22(3,4)5)13-15-9-7-6-8-10-15/h6-10,14,16-17,19,24H,11-13H2,1-5H3,(H,23,25)(H,26,27)/t16-,17?,19?/m0/s1. The van der Waals surface area contributed by atoms with Gasteiger partial charge in [-0.1, -0.05) is 44.2 Å². The molecule has 3 atom stereocenters. The summed E-state index contributed by atoms with van der Waals surface area (Å²) >= 11 is 0. The molecule has 1 amide bonds. The molecule has 0 spiro atoms. The monoisotopic (exact) mass is 407 g/mol. The molecule has 7 heteroatoms. The Morgan fingerprint density at radius 3 is 2.17 bits per heavy atom. The molecule has 0 bridgehead atoms. The first-order valence-electron chi connectivity index (χ1n) is 9.87. The van der Waals surface area contributed by atoms with Gasteiger partial charge in [0.1, 0.15) is 11.6 Å². The van der Waals surface area contributed by atoms with Crippen LogP contribution in [0.2, 0.25) is 0 Å². The number of carbonyl (C=O) groups is 3. The van der Waals surface area contributed by atoms with E-state index in [2.05, 4.69) is 5.32 Å². The molecule has 0 aliphatic carbocycles. The Kier molecular flexibility index (Phi) is 9.30. The zero-order valence-corrected chi connectivity index (χ0v) is 17.8. The van der Waals surface area contributed by atoms with E-state index in [1.54, 1.807) is 34.6 Å². The third-order valence-electron chi connectivity index (χ3n) is 4.39. The minimum atomic E-state index is -1.11. The summed E-state index contributed by atoms with van der Waals surface area (Å²) < 4.78 is 5.45. The Labute approximate surface area is 172 Å². The summed E-state index contributed by atoms with van der Waals surface area (Å²) in [6, 6.07) is 8.28. The van der Waals surface area contributed by atoms with Crippen LogP contribution in [0.5, 0.6) is 0 Å². The lowest BCUT2D eigenvalue weighted by Crippen LogP contribution is -2.44. The molecule has 1 aromatic rings. The summed E-state index contributed by atoms with van der Waals surface area (Å²) in [4.78, 5) is 36.0. The predicted molar refractivity (Wildman–Crippen MR) is 109 cm³/mol. The maximum Gasteiger partial charge on any atom is 0.326 e. The molecule has 1 aromatic carbocycles. The van der Waals surface area contributed by atoms with Crippen LogP contribution in [0.4, 0.5) is 0 Å². The Balaban J connectivity index is 2.80. The molecule has 29 heavy (non-hydrogen) atoms. The smallest absolute Gasteiger partial charge is 0.326 e. The number of amides is 1. The third kappa shape index (κ3) is 9.09. The SMILES string of the molecule is CC(C)C(NC(=O)CCC(O)[C@H](Cc1ccccc1)C(=O)OC(C)(C)C)C(=O)O. The summed E-state index contributed by atoms with van der Waals surface area (Å²) in [6.45, 7) is 8.66. The van der Waals surface area contributed by atoms with Crippen LogP contribution in [-0.2, 0) is 25.5 Å². The van der Waals surface area contributed by atoms with Gasteiger partial charge in [0.15, 0.2) is 0 Å². The lowest BCUT2D eigenvalue weighted by Gasteiger charge is -2.27. The Hall–Kier alpha value is -2.41. The van der Waals surface area contributed by atoms with Gasteiger partial charge in [0.25, 0.3) is 0 Å². The van der Waals surface area contributed by atoms with E-state index >= 15 is 0 Å². The molecule has 3 N–H and O–H groups in total. The highest BCUT2D eigenvalue weighted by atomic mass is 16.6. The molecule has 0 saturated carbocycles. The number of ether oxygens (including phenoxy) is 1. The fourth-order valence-electron chi connectivity index (χ4n) is 2.86. The number of nitrogens with one attached hydrogen (secondary N) is 1. The van der Waals surface area contributed by atoms with E-state index in [1.165, 1.54) is 0 Å². The molecule has 0 fully saturated rings. The van der Waals surface area contributed by atoms with Crippen LogP contribution in [0.1, 0.15) is 53.0 Å². The highest BCUT2D eigenvalue weighted by molar-refractivity contribution is 5.83. The molecule has 0 aliphatic rings. The average molecular weight is 408 g/mol. The van der Waals surface area contributed by atoms with Gasteiger partial charge >= 0.3 is 11.9 Å². The minimum absolute atomic E-state index is 0.0208. The van der Waals surface area contributed by atoms with Gasteiger partial charge in [0.05, 0.1) is 12.0 Å². The molecule has 7 nitrogen and oxygen atoms in total. The van der Waals surface area contributed by atoms with Crippen molar-refractivity contribution in [2.75, 3.05) is 0 Å². The molecule has 0 saturated heterocycles. The number of benzene rings is 1. The van der Waals surface area contributed by atoms with Gasteiger partial charge in [-0.25, -0.2) is 4.79 Å². The molecule has 0 aromatic heterocycles. The van der Waals surface area contributed by atoms with E-state index in [1.807, 2.05) is 30.3 Å². The second kappa shape index (κ2) is 11.0. The fourth-order valence-corrected chi connectivity index (χ4v) is 2.86. The van der Waals surface area contributed by atoms with Crippen molar-refractivity contribution in [3.8, 4) is 0 Å². The van der Waals surface area contributed by atoms with E-state index in [0.717, 1.165) is 5.56 Å². The number of rotatable bonds is 10. The molecule has 0 radical (unpaired) electrons. The lowest BCUT2D eigenvalue weighted by atomic mass is 9.91. The number of hydrogen-bond acceptors (Lipinski definition) is 5. The molecule has 0 heterocycles. The number of hydrogen-bond donors (Lipinski definition) is 3. The molecular weight excluding hydrogens is 374 g/mol. The van der Waals surface area contributed by atoms with E-state index < -0.39 is 41.5 Å². The Bertz CT molecular complexity index is 680. The van der Waals surface area contributed by atoms with Crippen LogP contribution in [0.25, 0.3) is 0 Å². The quantitative estimate of drug-likeness (QED) is 0.514. The second-order valence-electron chi connectivity index (χ2n) is 8.56. The highest BCUT2D eigenvalue weighted by Gasteiger charge is 2.32. The van der Waals surface area contributed by atoms with Crippen LogP contribution >= 0.6 is 0 Å². The topological polar surface area (TPSA) is 113 Å². The second-order valence-corrected chi connectivity index (χ2v) is 8.56. The van der Waals surface area contributed by atoms with Crippen LogP contribution in [0, 0.1) is 11.8 Å². The van der Waals surface area contributed by atoms with Crippen LogP contribution in [0.3, 0.4) is 0 Å². The van der Waals surface area contributed by atoms with E-state index in [0.29, 0.717) is 0 Å². The normalized spacial score (nSPS) is 14.7. The predicted octanol–water partition coefficient (Wildman–Crippen LogP) is 2.55. The average Bonchev–Trinajstić information content (AvgIpc) is 2.61. The van der Waals surface area contributed by atoms with Crippen molar-refractivity contribution in [3.05, 3.63) is 35.9 Å². The Morgan fingerprint density at radius 1 is 1.10 bits per heavy atom. The van der Waals surface area contributed by atoms with E-state index in [4.69, 9.17) is 4.74 Å². The Morgan fingerprint density at radius 2 is 1.69 bits per heavy atom. The van der Waals surface area contributed by atoms with Crippen molar-refractivity contribution < 1.29 is 29.3 Å². The number of carboxylic acid groups (broad SMARTS) is 1. The minimum Gasteiger partial charge on any atom is -0.480 e. The van der Waals surface area contributed by atoms with E-state index in [9.17, 15) is 24.6 Å². The van der Waals surface area contributed by atoms with Crippen molar-refractivity contribution in [1.29, 1.82) is 0 Å². The zero-order valence-electron chi connectivity index (χ0n) is 17.8. The summed E-state index contributed by atoms with van der Waals surface area (Å²) in [5.74, 6) is -3.21. The van der Waals surface area contributed by atoms with Gasteiger partial charge in [-0.15, -0.1) is 0 Å². The lowest BCUT2D eigenvalue weighted by molar-refractivity contribution is -0.164. The van der Waals surface area contributed by atoms with Gasteiger partial charge in [0.2, 0.25) is 5.91 Å². The maximum absolute atomic E-state index is 12.6. The van der Waals surface area contributed by atoms with E-state index in [-0.39, 0.29) is 25.2 Å².